The third kappa shape index (κ3) is 2.97. The zero-order valence-electron chi connectivity index (χ0n) is 10.9. The van der Waals surface area contributed by atoms with Gasteiger partial charge in [0, 0.05) is 15.4 Å². The molecule has 2 nitrogen and oxygen atoms in total. The van der Waals surface area contributed by atoms with E-state index in [0.717, 1.165) is 28.1 Å². The maximum atomic E-state index is 12.6. The molecule has 1 aliphatic rings. The van der Waals surface area contributed by atoms with E-state index in [4.69, 9.17) is 5.73 Å². The molecule has 4 unspecified atom stereocenters. The highest BCUT2D eigenvalue weighted by Gasteiger charge is 2.29. The Morgan fingerprint density at radius 3 is 2.67 bits per heavy atom. The second kappa shape index (κ2) is 5.74. The fourth-order valence-corrected chi connectivity index (χ4v) is 4.80. The quantitative estimate of drug-likeness (QED) is 0.834. The van der Waals surface area contributed by atoms with Gasteiger partial charge < -0.3 is 5.73 Å². The van der Waals surface area contributed by atoms with Crippen LogP contribution in [0.3, 0.4) is 0 Å². The molecule has 0 radical (unpaired) electrons. The smallest absolute Gasteiger partial charge is 0.0631 e. The predicted octanol–water partition coefficient (Wildman–Crippen LogP) is 3.96. The molecular formula is C14H20BrNOS. The molecule has 0 heterocycles. The molecule has 4 atom stereocenters. The highest BCUT2D eigenvalue weighted by molar-refractivity contribution is 9.10. The van der Waals surface area contributed by atoms with Crippen LogP contribution >= 0.6 is 15.9 Å². The summed E-state index contributed by atoms with van der Waals surface area (Å²) in [6.07, 6.45) is 3.26. The number of anilines is 1. The summed E-state index contributed by atoms with van der Waals surface area (Å²) < 4.78 is 13.6. The van der Waals surface area contributed by atoms with E-state index >= 15 is 0 Å². The Balaban J connectivity index is 2.19. The summed E-state index contributed by atoms with van der Waals surface area (Å²) in [4.78, 5) is 0.788. The number of halogens is 1. The molecule has 1 aromatic carbocycles. The lowest BCUT2D eigenvalue weighted by Gasteiger charge is -2.31. The van der Waals surface area contributed by atoms with Gasteiger partial charge in [0.05, 0.1) is 15.7 Å². The van der Waals surface area contributed by atoms with Gasteiger partial charge >= 0.3 is 0 Å². The van der Waals surface area contributed by atoms with Crippen LogP contribution in [0.25, 0.3) is 0 Å². The van der Waals surface area contributed by atoms with Crippen LogP contribution in [0.4, 0.5) is 5.69 Å². The Morgan fingerprint density at radius 2 is 2.00 bits per heavy atom. The fourth-order valence-electron chi connectivity index (χ4n) is 2.55. The Kier molecular flexibility index (Phi) is 4.49. The fraction of sp³-hybridized carbons (Fsp3) is 0.571. The largest absolute Gasteiger partial charge is 0.398 e. The van der Waals surface area contributed by atoms with Crippen molar-refractivity contribution in [2.75, 3.05) is 5.73 Å². The molecule has 0 aromatic heterocycles. The standard InChI is InChI=1S/C14H20BrNOS/c1-9-3-5-12(7-10(9)2)18(17)14-8-11(15)4-6-13(14)16/h4,6,8-10,12H,3,5,7,16H2,1-2H3. The van der Waals surface area contributed by atoms with Crippen molar-refractivity contribution in [3.8, 4) is 0 Å². The van der Waals surface area contributed by atoms with Crippen molar-refractivity contribution in [2.45, 2.75) is 43.3 Å². The highest BCUT2D eigenvalue weighted by Crippen LogP contribution is 2.35. The number of nitrogen functional groups attached to an aromatic ring is 1. The van der Waals surface area contributed by atoms with Crippen LogP contribution in [0.2, 0.25) is 0 Å². The molecule has 0 saturated heterocycles. The molecule has 0 spiro atoms. The first-order valence-electron chi connectivity index (χ1n) is 6.44. The SMILES string of the molecule is CC1CCC(S(=O)c2cc(Br)ccc2N)CC1C. The van der Waals surface area contributed by atoms with Crippen molar-refractivity contribution >= 4 is 32.4 Å². The minimum Gasteiger partial charge on any atom is -0.398 e. The lowest BCUT2D eigenvalue weighted by atomic mass is 9.81. The molecule has 0 bridgehead atoms. The van der Waals surface area contributed by atoms with Gasteiger partial charge in [-0.3, -0.25) is 4.21 Å². The topological polar surface area (TPSA) is 43.1 Å². The zero-order chi connectivity index (χ0) is 13.3. The molecule has 1 fully saturated rings. The third-order valence-corrected chi connectivity index (χ3v) is 6.36. The zero-order valence-corrected chi connectivity index (χ0v) is 13.3. The van der Waals surface area contributed by atoms with Gasteiger partial charge in [0.15, 0.2) is 0 Å². The average molecular weight is 330 g/mol. The third-order valence-electron chi connectivity index (χ3n) is 4.05. The average Bonchev–Trinajstić information content (AvgIpc) is 2.35. The molecule has 0 amide bonds. The van der Waals surface area contributed by atoms with E-state index in [2.05, 4.69) is 29.8 Å². The number of hydrogen-bond donors (Lipinski definition) is 1. The van der Waals surface area contributed by atoms with Gasteiger partial charge in [-0.1, -0.05) is 29.8 Å². The lowest BCUT2D eigenvalue weighted by Crippen LogP contribution is -2.28. The molecule has 1 aliphatic carbocycles. The molecule has 1 aromatic rings. The van der Waals surface area contributed by atoms with E-state index in [1.165, 1.54) is 6.42 Å². The maximum Gasteiger partial charge on any atom is 0.0631 e. The van der Waals surface area contributed by atoms with E-state index in [0.29, 0.717) is 11.6 Å². The maximum absolute atomic E-state index is 12.6. The van der Waals surface area contributed by atoms with Crippen molar-refractivity contribution in [2.24, 2.45) is 11.8 Å². The second-order valence-electron chi connectivity index (χ2n) is 5.37. The van der Waals surface area contributed by atoms with Crippen LogP contribution < -0.4 is 5.73 Å². The number of hydrogen-bond acceptors (Lipinski definition) is 2. The van der Waals surface area contributed by atoms with Gasteiger partial charge in [0.25, 0.3) is 0 Å². The number of rotatable bonds is 2. The van der Waals surface area contributed by atoms with Crippen LogP contribution in [-0.2, 0) is 10.8 Å². The molecule has 0 aliphatic heterocycles. The monoisotopic (exact) mass is 329 g/mol. The number of nitrogens with two attached hydrogens (primary N) is 1. The van der Waals surface area contributed by atoms with Gasteiger partial charge in [-0.15, -0.1) is 0 Å². The minimum absolute atomic E-state index is 0.257. The second-order valence-corrected chi connectivity index (χ2v) is 7.99. The molecule has 2 rings (SSSR count). The van der Waals surface area contributed by atoms with Crippen molar-refractivity contribution in [1.29, 1.82) is 0 Å². The van der Waals surface area contributed by atoms with E-state index < -0.39 is 10.8 Å². The van der Waals surface area contributed by atoms with Gasteiger partial charge in [0.2, 0.25) is 0 Å². The van der Waals surface area contributed by atoms with Crippen molar-refractivity contribution in [1.82, 2.24) is 0 Å². The lowest BCUT2D eigenvalue weighted by molar-refractivity contribution is 0.281. The Labute approximate surface area is 120 Å². The molecule has 1 saturated carbocycles. The van der Waals surface area contributed by atoms with Crippen molar-refractivity contribution in [3.63, 3.8) is 0 Å². The van der Waals surface area contributed by atoms with Crippen LogP contribution in [-0.4, -0.2) is 9.46 Å². The highest BCUT2D eigenvalue weighted by atomic mass is 79.9. The van der Waals surface area contributed by atoms with Crippen molar-refractivity contribution < 1.29 is 4.21 Å². The van der Waals surface area contributed by atoms with E-state index in [-0.39, 0.29) is 5.25 Å². The summed E-state index contributed by atoms with van der Waals surface area (Å²) in [5.74, 6) is 1.40. The summed E-state index contributed by atoms with van der Waals surface area (Å²) in [5.41, 5.74) is 6.59. The van der Waals surface area contributed by atoms with Gasteiger partial charge in [-0.2, -0.15) is 0 Å². The van der Waals surface area contributed by atoms with Crippen LogP contribution in [0.5, 0.6) is 0 Å². The molecule has 18 heavy (non-hydrogen) atoms. The predicted molar refractivity (Wildman–Crippen MR) is 80.9 cm³/mol. The summed E-state index contributed by atoms with van der Waals surface area (Å²) in [7, 11) is -0.982. The molecule has 2 N–H and O–H groups in total. The first kappa shape index (κ1) is 14.1. The van der Waals surface area contributed by atoms with Crippen LogP contribution in [0.1, 0.15) is 33.1 Å². The van der Waals surface area contributed by atoms with E-state index in [9.17, 15) is 4.21 Å². The van der Waals surface area contributed by atoms with E-state index in [1.54, 1.807) is 0 Å². The summed E-state index contributed by atoms with van der Waals surface area (Å²) >= 11 is 3.42. The molecule has 4 heteroatoms. The van der Waals surface area contributed by atoms with Gasteiger partial charge in [0.1, 0.15) is 0 Å². The molecule has 100 valence electrons. The van der Waals surface area contributed by atoms with Crippen LogP contribution in [0.15, 0.2) is 27.6 Å². The van der Waals surface area contributed by atoms with Crippen LogP contribution in [0, 0.1) is 11.8 Å². The summed E-state index contributed by atoms with van der Waals surface area (Å²) in [5, 5.41) is 0.257. The summed E-state index contributed by atoms with van der Waals surface area (Å²) in [6, 6.07) is 5.61. The van der Waals surface area contributed by atoms with Crippen molar-refractivity contribution in [3.05, 3.63) is 22.7 Å². The molecular weight excluding hydrogens is 310 g/mol. The first-order valence-corrected chi connectivity index (χ1v) is 8.45. The summed E-state index contributed by atoms with van der Waals surface area (Å²) in [6.45, 7) is 4.55. The van der Waals surface area contributed by atoms with Gasteiger partial charge in [-0.25, -0.2) is 0 Å². The normalized spacial score (nSPS) is 30.1. The number of benzene rings is 1. The Bertz CT molecular complexity index is 463. The van der Waals surface area contributed by atoms with E-state index in [1.807, 2.05) is 18.2 Å². The first-order chi connectivity index (χ1) is 8.49. The minimum atomic E-state index is -0.982. The Hall–Kier alpha value is -0.350. The Morgan fingerprint density at radius 1 is 1.28 bits per heavy atom. The van der Waals surface area contributed by atoms with Gasteiger partial charge in [-0.05, 0) is 49.3 Å².